The summed E-state index contributed by atoms with van der Waals surface area (Å²) in [4.78, 5) is 14.2. The van der Waals surface area contributed by atoms with Crippen LogP contribution in [0.1, 0.15) is 29.3 Å². The number of halogens is 1. The van der Waals surface area contributed by atoms with Crippen molar-refractivity contribution >= 4 is 5.91 Å². The highest BCUT2D eigenvalue weighted by Gasteiger charge is 2.22. The van der Waals surface area contributed by atoms with E-state index in [9.17, 15) is 9.18 Å². The van der Waals surface area contributed by atoms with E-state index in [1.54, 1.807) is 19.1 Å². The number of ether oxygens (including phenoxy) is 1. The summed E-state index contributed by atoms with van der Waals surface area (Å²) < 4.78 is 18.6. The predicted molar refractivity (Wildman–Crippen MR) is 71.6 cm³/mol. The average molecular weight is 265 g/mol. The molecule has 1 aliphatic rings. The molecule has 0 N–H and O–H groups in total. The molecule has 0 radical (unpaired) electrons. The number of hydrogen-bond acceptors (Lipinski definition) is 2. The Hall–Kier alpha value is -1.42. The van der Waals surface area contributed by atoms with Crippen molar-refractivity contribution in [3.63, 3.8) is 0 Å². The third-order valence-corrected chi connectivity index (χ3v) is 3.58. The van der Waals surface area contributed by atoms with E-state index in [1.165, 1.54) is 6.07 Å². The molecule has 3 nitrogen and oxygen atoms in total. The minimum Gasteiger partial charge on any atom is -0.381 e. The molecular weight excluding hydrogens is 245 g/mol. The summed E-state index contributed by atoms with van der Waals surface area (Å²) in [6.07, 6.45) is 1.01. The predicted octanol–water partition coefficient (Wildman–Crippen LogP) is 2.63. The second-order valence-corrected chi connectivity index (χ2v) is 5.04. The standard InChI is InChI=1S/C15H20FNO2/c1-3-17(9-12-6-7-19-10-12)15(18)13-4-5-14(16)11(2)8-13/h4-5,8,12H,3,6-7,9-10H2,1-2H3. The fourth-order valence-corrected chi connectivity index (χ4v) is 2.35. The van der Waals surface area contributed by atoms with Crippen LogP contribution in [0.3, 0.4) is 0 Å². The highest BCUT2D eigenvalue weighted by atomic mass is 19.1. The van der Waals surface area contributed by atoms with Gasteiger partial charge >= 0.3 is 0 Å². The third kappa shape index (κ3) is 3.32. The molecule has 0 spiro atoms. The van der Waals surface area contributed by atoms with Crippen LogP contribution < -0.4 is 0 Å². The van der Waals surface area contributed by atoms with Gasteiger partial charge in [0.05, 0.1) is 6.61 Å². The van der Waals surface area contributed by atoms with Gasteiger partial charge in [0.25, 0.3) is 5.91 Å². The summed E-state index contributed by atoms with van der Waals surface area (Å²) in [6.45, 7) is 6.52. The fraction of sp³-hybridized carbons (Fsp3) is 0.533. The van der Waals surface area contributed by atoms with Crippen molar-refractivity contribution in [2.75, 3.05) is 26.3 Å². The van der Waals surface area contributed by atoms with Gasteiger partial charge in [-0.15, -0.1) is 0 Å². The first-order chi connectivity index (χ1) is 9.11. The number of amides is 1. The lowest BCUT2D eigenvalue weighted by Gasteiger charge is -2.24. The zero-order valence-corrected chi connectivity index (χ0v) is 11.5. The first kappa shape index (κ1) is 14.0. The normalized spacial score (nSPS) is 18.6. The van der Waals surface area contributed by atoms with Crippen molar-refractivity contribution in [2.24, 2.45) is 5.92 Å². The molecule has 19 heavy (non-hydrogen) atoms. The Balaban J connectivity index is 2.08. The second kappa shape index (κ2) is 6.15. The third-order valence-electron chi connectivity index (χ3n) is 3.58. The second-order valence-electron chi connectivity index (χ2n) is 5.04. The van der Waals surface area contributed by atoms with Gasteiger partial charge in [-0.05, 0) is 44.0 Å². The van der Waals surface area contributed by atoms with Gasteiger partial charge in [0, 0.05) is 31.2 Å². The SMILES string of the molecule is CCN(CC1CCOC1)C(=O)c1ccc(F)c(C)c1. The van der Waals surface area contributed by atoms with Crippen molar-refractivity contribution in [3.05, 3.63) is 35.1 Å². The van der Waals surface area contributed by atoms with Crippen LogP contribution in [0.2, 0.25) is 0 Å². The Bertz CT molecular complexity index is 455. The van der Waals surface area contributed by atoms with E-state index < -0.39 is 0 Å². The smallest absolute Gasteiger partial charge is 0.253 e. The summed E-state index contributed by atoms with van der Waals surface area (Å²) in [6, 6.07) is 4.53. The highest BCUT2D eigenvalue weighted by molar-refractivity contribution is 5.94. The zero-order valence-electron chi connectivity index (χ0n) is 11.5. The molecule has 1 heterocycles. The first-order valence-electron chi connectivity index (χ1n) is 6.75. The quantitative estimate of drug-likeness (QED) is 0.837. The Morgan fingerprint density at radius 1 is 1.53 bits per heavy atom. The van der Waals surface area contributed by atoms with Crippen molar-refractivity contribution in [1.29, 1.82) is 0 Å². The van der Waals surface area contributed by atoms with Crippen molar-refractivity contribution in [2.45, 2.75) is 20.3 Å². The molecule has 1 aromatic rings. The van der Waals surface area contributed by atoms with E-state index in [0.29, 0.717) is 30.1 Å². The number of hydrogen-bond donors (Lipinski definition) is 0. The van der Waals surface area contributed by atoms with Crippen LogP contribution in [0, 0.1) is 18.7 Å². The molecule has 1 atom stereocenters. The molecular formula is C15H20FNO2. The lowest BCUT2D eigenvalue weighted by atomic mass is 10.1. The molecule has 0 bridgehead atoms. The summed E-state index contributed by atoms with van der Waals surface area (Å²) in [5.41, 5.74) is 1.06. The van der Waals surface area contributed by atoms with Gasteiger partial charge in [-0.1, -0.05) is 0 Å². The van der Waals surface area contributed by atoms with Gasteiger partial charge in [0.2, 0.25) is 0 Å². The number of carbonyl (C=O) groups excluding carboxylic acids is 1. The van der Waals surface area contributed by atoms with Crippen LogP contribution in [0.5, 0.6) is 0 Å². The summed E-state index contributed by atoms with van der Waals surface area (Å²) in [5.74, 6) is 0.117. The number of carbonyl (C=O) groups is 1. The van der Waals surface area contributed by atoms with Crippen molar-refractivity contribution < 1.29 is 13.9 Å². The summed E-state index contributed by atoms with van der Waals surface area (Å²) in [5, 5.41) is 0. The van der Waals surface area contributed by atoms with E-state index in [2.05, 4.69) is 0 Å². The Kier molecular flexibility index (Phi) is 4.53. The molecule has 1 aromatic carbocycles. The average Bonchev–Trinajstić information content (AvgIpc) is 2.91. The number of nitrogens with zero attached hydrogens (tertiary/aromatic N) is 1. The molecule has 0 saturated carbocycles. The Morgan fingerprint density at radius 2 is 2.32 bits per heavy atom. The van der Waals surface area contributed by atoms with Gasteiger partial charge in [-0.3, -0.25) is 4.79 Å². The van der Waals surface area contributed by atoms with Gasteiger partial charge in [0.1, 0.15) is 5.82 Å². The monoisotopic (exact) mass is 265 g/mol. The molecule has 1 unspecified atom stereocenters. The molecule has 0 aromatic heterocycles. The molecule has 1 saturated heterocycles. The van der Waals surface area contributed by atoms with E-state index in [0.717, 1.165) is 19.6 Å². The van der Waals surface area contributed by atoms with Crippen molar-refractivity contribution in [1.82, 2.24) is 4.90 Å². The van der Waals surface area contributed by atoms with Crippen LogP contribution in [-0.4, -0.2) is 37.1 Å². The minimum atomic E-state index is -0.274. The van der Waals surface area contributed by atoms with Crippen LogP contribution in [-0.2, 0) is 4.74 Å². The molecule has 4 heteroatoms. The molecule has 104 valence electrons. The van der Waals surface area contributed by atoms with Gasteiger partial charge in [-0.25, -0.2) is 4.39 Å². The number of aryl methyl sites for hydroxylation is 1. The van der Waals surface area contributed by atoms with E-state index in [4.69, 9.17) is 4.74 Å². The molecule has 1 aliphatic heterocycles. The fourth-order valence-electron chi connectivity index (χ4n) is 2.35. The number of rotatable bonds is 4. The Morgan fingerprint density at radius 3 is 2.89 bits per heavy atom. The first-order valence-corrected chi connectivity index (χ1v) is 6.75. The highest BCUT2D eigenvalue weighted by Crippen LogP contribution is 2.17. The molecule has 2 rings (SSSR count). The topological polar surface area (TPSA) is 29.5 Å². The zero-order chi connectivity index (χ0) is 13.8. The number of benzene rings is 1. The van der Waals surface area contributed by atoms with Crippen LogP contribution in [0.25, 0.3) is 0 Å². The van der Waals surface area contributed by atoms with Crippen LogP contribution >= 0.6 is 0 Å². The largest absolute Gasteiger partial charge is 0.381 e. The minimum absolute atomic E-state index is 0.0301. The van der Waals surface area contributed by atoms with E-state index in [-0.39, 0.29) is 11.7 Å². The van der Waals surface area contributed by atoms with E-state index in [1.807, 2.05) is 11.8 Å². The molecule has 1 fully saturated rings. The van der Waals surface area contributed by atoms with Gasteiger partial charge in [-0.2, -0.15) is 0 Å². The van der Waals surface area contributed by atoms with Gasteiger partial charge in [0.15, 0.2) is 0 Å². The molecule has 0 aliphatic carbocycles. The maximum Gasteiger partial charge on any atom is 0.253 e. The summed E-state index contributed by atoms with van der Waals surface area (Å²) >= 11 is 0. The Labute approximate surface area is 113 Å². The lowest BCUT2D eigenvalue weighted by molar-refractivity contribution is 0.0730. The maximum atomic E-state index is 13.2. The van der Waals surface area contributed by atoms with E-state index >= 15 is 0 Å². The summed E-state index contributed by atoms with van der Waals surface area (Å²) in [7, 11) is 0. The van der Waals surface area contributed by atoms with Gasteiger partial charge < -0.3 is 9.64 Å². The lowest BCUT2D eigenvalue weighted by Crippen LogP contribution is -2.35. The van der Waals surface area contributed by atoms with Crippen LogP contribution in [0.15, 0.2) is 18.2 Å². The van der Waals surface area contributed by atoms with Crippen molar-refractivity contribution in [3.8, 4) is 0 Å². The molecule has 1 amide bonds. The maximum absolute atomic E-state index is 13.2. The van der Waals surface area contributed by atoms with Crippen LogP contribution in [0.4, 0.5) is 4.39 Å².